The van der Waals surface area contributed by atoms with Gasteiger partial charge in [0.1, 0.15) is 0 Å². The highest BCUT2D eigenvalue weighted by Crippen LogP contribution is 2.13. The fourth-order valence-corrected chi connectivity index (χ4v) is 2.37. The maximum absolute atomic E-state index is 4.14. The van der Waals surface area contributed by atoms with Crippen molar-refractivity contribution >= 4 is 41.3 Å². The molecule has 1 aromatic heterocycles. The van der Waals surface area contributed by atoms with Crippen LogP contribution in [0.5, 0.6) is 0 Å². The summed E-state index contributed by atoms with van der Waals surface area (Å²) in [5.74, 6) is 1.51. The summed E-state index contributed by atoms with van der Waals surface area (Å²) in [6.45, 7) is 6.18. The lowest BCUT2D eigenvalue weighted by molar-refractivity contribution is 0.563. The smallest absolute Gasteiger partial charge is 0.190 e. The molecule has 0 aliphatic rings. The molecule has 17 heavy (non-hydrogen) atoms. The Morgan fingerprint density at radius 3 is 2.76 bits per heavy atom. The first-order valence-corrected chi connectivity index (χ1v) is 6.61. The third kappa shape index (κ3) is 6.88. The molecule has 1 aromatic rings. The minimum Gasteiger partial charge on any atom is -0.357 e. The summed E-state index contributed by atoms with van der Waals surface area (Å²) in [6, 6.07) is 4.30. The second-order valence-electron chi connectivity index (χ2n) is 3.87. The van der Waals surface area contributed by atoms with Crippen molar-refractivity contribution in [1.82, 2.24) is 10.6 Å². The maximum Gasteiger partial charge on any atom is 0.190 e. The van der Waals surface area contributed by atoms with Gasteiger partial charge >= 0.3 is 0 Å². The van der Waals surface area contributed by atoms with Gasteiger partial charge < -0.3 is 10.6 Å². The molecular formula is C12H22IN3S. The molecule has 2 N–H and O–H groups in total. The maximum atomic E-state index is 4.14. The summed E-state index contributed by atoms with van der Waals surface area (Å²) < 4.78 is 0. The summed E-state index contributed by atoms with van der Waals surface area (Å²) in [5.41, 5.74) is 0. The normalized spacial score (nSPS) is 12.8. The Labute approximate surface area is 125 Å². The Morgan fingerprint density at radius 2 is 2.24 bits per heavy atom. The lowest BCUT2D eigenvalue weighted by Gasteiger charge is -2.14. The summed E-state index contributed by atoms with van der Waals surface area (Å²) in [5, 5.41) is 8.65. The molecule has 0 saturated carbocycles. The third-order valence-corrected chi connectivity index (χ3v) is 3.21. The standard InChI is InChI=1S/C12H21N3S.HI/c1-4-14-12(13-3)15-9-10(2)8-11-6-5-7-16-11;/h5-7,10H,4,8-9H2,1-3H3,(H2,13,14,15);1H. The van der Waals surface area contributed by atoms with Gasteiger partial charge in [0.15, 0.2) is 5.96 Å². The van der Waals surface area contributed by atoms with Crippen LogP contribution in [0, 0.1) is 5.92 Å². The summed E-state index contributed by atoms with van der Waals surface area (Å²) in [6.07, 6.45) is 1.13. The number of halogens is 1. The van der Waals surface area contributed by atoms with Crippen LogP contribution in [0.15, 0.2) is 22.5 Å². The molecule has 1 unspecified atom stereocenters. The van der Waals surface area contributed by atoms with E-state index in [4.69, 9.17) is 0 Å². The van der Waals surface area contributed by atoms with Crippen LogP contribution in [0.25, 0.3) is 0 Å². The Bertz CT molecular complexity index is 312. The van der Waals surface area contributed by atoms with Crippen molar-refractivity contribution in [1.29, 1.82) is 0 Å². The van der Waals surface area contributed by atoms with Gasteiger partial charge in [-0.2, -0.15) is 0 Å². The van der Waals surface area contributed by atoms with Gasteiger partial charge in [-0.15, -0.1) is 35.3 Å². The van der Waals surface area contributed by atoms with Gasteiger partial charge in [-0.05, 0) is 30.7 Å². The largest absolute Gasteiger partial charge is 0.357 e. The van der Waals surface area contributed by atoms with Crippen molar-refractivity contribution in [2.45, 2.75) is 20.3 Å². The second kappa shape index (κ2) is 9.70. The molecule has 0 spiro atoms. The number of thiophene rings is 1. The molecular weight excluding hydrogens is 345 g/mol. The van der Waals surface area contributed by atoms with Crippen molar-refractivity contribution in [2.24, 2.45) is 10.9 Å². The molecule has 0 aromatic carbocycles. The van der Waals surface area contributed by atoms with E-state index < -0.39 is 0 Å². The quantitative estimate of drug-likeness (QED) is 0.477. The summed E-state index contributed by atoms with van der Waals surface area (Å²) >= 11 is 1.83. The molecule has 1 heterocycles. The molecule has 5 heteroatoms. The minimum absolute atomic E-state index is 0. The molecule has 1 atom stereocenters. The van der Waals surface area contributed by atoms with Crippen LogP contribution < -0.4 is 10.6 Å². The topological polar surface area (TPSA) is 36.4 Å². The zero-order chi connectivity index (χ0) is 11.8. The van der Waals surface area contributed by atoms with Gasteiger partial charge in [-0.1, -0.05) is 13.0 Å². The number of rotatable bonds is 5. The molecule has 0 aliphatic carbocycles. The second-order valence-corrected chi connectivity index (χ2v) is 4.90. The van der Waals surface area contributed by atoms with Crippen molar-refractivity contribution in [3.05, 3.63) is 22.4 Å². The lowest BCUT2D eigenvalue weighted by atomic mass is 10.1. The molecule has 0 amide bonds. The Balaban J connectivity index is 0.00000256. The number of nitrogens with one attached hydrogen (secondary N) is 2. The van der Waals surface area contributed by atoms with Crippen LogP contribution in [0.4, 0.5) is 0 Å². The first-order chi connectivity index (χ1) is 7.76. The van der Waals surface area contributed by atoms with E-state index >= 15 is 0 Å². The van der Waals surface area contributed by atoms with Gasteiger partial charge in [0, 0.05) is 25.0 Å². The third-order valence-electron chi connectivity index (χ3n) is 2.32. The zero-order valence-electron chi connectivity index (χ0n) is 10.7. The summed E-state index contributed by atoms with van der Waals surface area (Å²) in [7, 11) is 1.80. The van der Waals surface area contributed by atoms with Gasteiger partial charge in [0.2, 0.25) is 0 Å². The van der Waals surface area contributed by atoms with Crippen LogP contribution in [0.2, 0.25) is 0 Å². The Morgan fingerprint density at radius 1 is 1.47 bits per heavy atom. The summed E-state index contributed by atoms with van der Waals surface area (Å²) in [4.78, 5) is 5.60. The van der Waals surface area contributed by atoms with E-state index in [0.29, 0.717) is 5.92 Å². The van der Waals surface area contributed by atoms with Crippen LogP contribution in [-0.2, 0) is 6.42 Å². The number of guanidine groups is 1. The molecule has 0 radical (unpaired) electrons. The first kappa shape index (κ1) is 16.7. The number of hydrogen-bond donors (Lipinski definition) is 2. The van der Waals surface area contributed by atoms with E-state index in [-0.39, 0.29) is 24.0 Å². The predicted octanol–water partition coefficient (Wildman–Crippen LogP) is 2.73. The predicted molar refractivity (Wildman–Crippen MR) is 87.6 cm³/mol. The Kier molecular flexibility index (Phi) is 9.53. The number of aliphatic imine (C=N–C) groups is 1. The minimum atomic E-state index is 0. The average Bonchev–Trinajstić information content (AvgIpc) is 2.76. The molecule has 0 bridgehead atoms. The van der Waals surface area contributed by atoms with E-state index in [1.165, 1.54) is 4.88 Å². The van der Waals surface area contributed by atoms with Crippen LogP contribution in [0.1, 0.15) is 18.7 Å². The molecule has 0 fully saturated rings. The van der Waals surface area contributed by atoms with Crippen LogP contribution in [0.3, 0.4) is 0 Å². The average molecular weight is 367 g/mol. The van der Waals surface area contributed by atoms with Gasteiger partial charge in [0.25, 0.3) is 0 Å². The fourth-order valence-electron chi connectivity index (χ4n) is 1.50. The van der Waals surface area contributed by atoms with E-state index in [9.17, 15) is 0 Å². The first-order valence-electron chi connectivity index (χ1n) is 5.73. The van der Waals surface area contributed by atoms with Crippen LogP contribution in [-0.4, -0.2) is 26.1 Å². The highest BCUT2D eigenvalue weighted by Gasteiger charge is 2.05. The van der Waals surface area contributed by atoms with Gasteiger partial charge in [0.05, 0.1) is 0 Å². The lowest BCUT2D eigenvalue weighted by Crippen LogP contribution is -2.39. The Hall–Kier alpha value is -0.300. The monoisotopic (exact) mass is 367 g/mol. The molecule has 98 valence electrons. The van der Waals surface area contributed by atoms with E-state index in [1.807, 2.05) is 11.3 Å². The molecule has 0 aliphatic heterocycles. The number of nitrogens with zero attached hydrogens (tertiary/aromatic N) is 1. The zero-order valence-corrected chi connectivity index (χ0v) is 13.8. The molecule has 0 saturated heterocycles. The van der Waals surface area contributed by atoms with Crippen LogP contribution >= 0.6 is 35.3 Å². The highest BCUT2D eigenvalue weighted by atomic mass is 127. The molecule has 1 rings (SSSR count). The van der Waals surface area contributed by atoms with E-state index in [0.717, 1.165) is 25.5 Å². The van der Waals surface area contributed by atoms with E-state index in [2.05, 4.69) is 47.0 Å². The van der Waals surface area contributed by atoms with Gasteiger partial charge in [-0.25, -0.2) is 0 Å². The highest BCUT2D eigenvalue weighted by molar-refractivity contribution is 14.0. The van der Waals surface area contributed by atoms with Crippen molar-refractivity contribution in [2.75, 3.05) is 20.1 Å². The van der Waals surface area contributed by atoms with E-state index in [1.54, 1.807) is 7.05 Å². The van der Waals surface area contributed by atoms with Crippen molar-refractivity contribution in [3.63, 3.8) is 0 Å². The SMILES string of the molecule is CCNC(=NC)NCC(C)Cc1cccs1.I. The fraction of sp³-hybridized carbons (Fsp3) is 0.583. The van der Waals surface area contributed by atoms with Gasteiger partial charge in [-0.3, -0.25) is 4.99 Å². The molecule has 3 nitrogen and oxygen atoms in total. The van der Waals surface area contributed by atoms with Crippen molar-refractivity contribution < 1.29 is 0 Å². The number of hydrogen-bond acceptors (Lipinski definition) is 2. The van der Waals surface area contributed by atoms with Crippen molar-refractivity contribution in [3.8, 4) is 0 Å².